The molecule has 4 heteroatoms. The summed E-state index contributed by atoms with van der Waals surface area (Å²) in [5.74, 6) is 0. The molecule has 1 heterocycles. The lowest BCUT2D eigenvalue weighted by molar-refractivity contribution is 0.152. The Labute approximate surface area is 95.8 Å². The molecule has 1 aromatic rings. The normalized spacial score (nSPS) is 13.5. The van der Waals surface area contributed by atoms with Crippen molar-refractivity contribution >= 4 is 11.3 Å². The second-order valence-electron chi connectivity index (χ2n) is 4.20. The maximum atomic E-state index is 9.79. The highest BCUT2D eigenvalue weighted by Crippen LogP contribution is 2.18. The number of nitrogens with zero attached hydrogens (tertiary/aromatic N) is 2. The number of aromatic nitrogens is 1. The van der Waals surface area contributed by atoms with Gasteiger partial charge < -0.3 is 10.0 Å². The van der Waals surface area contributed by atoms with Gasteiger partial charge in [-0.2, -0.15) is 0 Å². The fraction of sp³-hybridized carbons (Fsp3) is 0.727. The third-order valence-corrected chi connectivity index (χ3v) is 3.49. The number of thiazole rings is 1. The lowest BCUT2D eigenvalue weighted by atomic mass is 10.2. The molecule has 0 bridgehead atoms. The first kappa shape index (κ1) is 12.6. The average Bonchev–Trinajstić information content (AvgIpc) is 2.42. The minimum absolute atomic E-state index is 0.266. The van der Waals surface area contributed by atoms with Gasteiger partial charge in [0.2, 0.25) is 0 Å². The van der Waals surface area contributed by atoms with Crippen LogP contribution in [0.1, 0.15) is 22.0 Å². The van der Waals surface area contributed by atoms with E-state index in [4.69, 9.17) is 0 Å². The van der Waals surface area contributed by atoms with Crippen molar-refractivity contribution in [2.24, 2.45) is 0 Å². The Morgan fingerprint density at radius 1 is 1.40 bits per heavy atom. The number of hydrogen-bond acceptors (Lipinski definition) is 4. The molecule has 0 spiro atoms. The van der Waals surface area contributed by atoms with Crippen molar-refractivity contribution in [2.45, 2.75) is 32.8 Å². The Balaban J connectivity index is 2.40. The molecule has 3 nitrogen and oxygen atoms in total. The predicted octanol–water partition coefficient (Wildman–Crippen LogP) is 1.62. The first-order chi connectivity index (χ1) is 6.99. The summed E-state index contributed by atoms with van der Waals surface area (Å²) in [6, 6.07) is 0. The van der Waals surface area contributed by atoms with Crippen LogP contribution in [-0.2, 0) is 6.42 Å². The highest BCUT2D eigenvalue weighted by molar-refractivity contribution is 7.11. The van der Waals surface area contributed by atoms with Gasteiger partial charge in [0, 0.05) is 11.3 Å². The van der Waals surface area contributed by atoms with Gasteiger partial charge in [-0.25, -0.2) is 4.98 Å². The van der Waals surface area contributed by atoms with Gasteiger partial charge in [0.25, 0.3) is 0 Å². The van der Waals surface area contributed by atoms with Crippen molar-refractivity contribution in [1.82, 2.24) is 9.88 Å². The van der Waals surface area contributed by atoms with Crippen LogP contribution in [0.5, 0.6) is 0 Å². The molecule has 0 aliphatic carbocycles. The Kier molecular flexibility index (Phi) is 4.70. The third kappa shape index (κ3) is 4.28. The molecule has 1 atom stereocenters. The van der Waals surface area contributed by atoms with E-state index < -0.39 is 0 Å². The van der Waals surface area contributed by atoms with E-state index in [1.165, 1.54) is 4.88 Å². The van der Waals surface area contributed by atoms with E-state index in [9.17, 15) is 5.11 Å². The molecule has 0 fully saturated rings. The highest BCUT2D eigenvalue weighted by atomic mass is 32.1. The van der Waals surface area contributed by atoms with Gasteiger partial charge in [-0.3, -0.25) is 0 Å². The fourth-order valence-corrected chi connectivity index (χ4v) is 2.34. The van der Waals surface area contributed by atoms with Crippen molar-refractivity contribution in [1.29, 1.82) is 0 Å². The molecule has 0 aromatic carbocycles. The van der Waals surface area contributed by atoms with Crippen molar-refractivity contribution in [2.75, 3.05) is 20.6 Å². The van der Waals surface area contributed by atoms with Crippen molar-refractivity contribution in [3.63, 3.8) is 0 Å². The maximum absolute atomic E-state index is 9.79. The second kappa shape index (κ2) is 5.58. The summed E-state index contributed by atoms with van der Waals surface area (Å²) >= 11 is 1.69. The second-order valence-corrected chi connectivity index (χ2v) is 5.49. The van der Waals surface area contributed by atoms with Crippen LogP contribution >= 0.6 is 11.3 Å². The summed E-state index contributed by atoms with van der Waals surface area (Å²) in [5, 5.41) is 10.8. The SMILES string of the molecule is Cc1nc(CC(O)CCN(C)C)sc1C. The van der Waals surface area contributed by atoms with Gasteiger partial charge >= 0.3 is 0 Å². The van der Waals surface area contributed by atoms with Gasteiger partial charge in [-0.15, -0.1) is 11.3 Å². The van der Waals surface area contributed by atoms with Crippen LogP contribution in [0.15, 0.2) is 0 Å². The highest BCUT2D eigenvalue weighted by Gasteiger charge is 2.10. The fourth-order valence-electron chi connectivity index (χ4n) is 1.34. The van der Waals surface area contributed by atoms with Crippen LogP contribution in [0.4, 0.5) is 0 Å². The van der Waals surface area contributed by atoms with Gasteiger partial charge in [0.15, 0.2) is 0 Å². The summed E-state index contributed by atoms with van der Waals surface area (Å²) in [7, 11) is 4.04. The number of aliphatic hydroxyl groups excluding tert-OH is 1. The van der Waals surface area contributed by atoms with E-state index in [0.717, 1.165) is 23.7 Å². The van der Waals surface area contributed by atoms with E-state index in [-0.39, 0.29) is 6.10 Å². The number of rotatable bonds is 5. The number of aryl methyl sites for hydroxylation is 2. The molecule has 1 unspecified atom stereocenters. The zero-order valence-electron chi connectivity index (χ0n) is 9.95. The Bertz CT molecular complexity index is 290. The predicted molar refractivity (Wildman–Crippen MR) is 64.5 cm³/mol. The van der Waals surface area contributed by atoms with Crippen LogP contribution in [0.2, 0.25) is 0 Å². The van der Waals surface area contributed by atoms with Crippen LogP contribution < -0.4 is 0 Å². The van der Waals surface area contributed by atoms with E-state index >= 15 is 0 Å². The topological polar surface area (TPSA) is 36.4 Å². The monoisotopic (exact) mass is 228 g/mol. The molecule has 1 rings (SSSR count). The van der Waals surface area contributed by atoms with E-state index in [1.54, 1.807) is 11.3 Å². The molecule has 86 valence electrons. The molecule has 1 aromatic heterocycles. The smallest absolute Gasteiger partial charge is 0.0956 e. The van der Waals surface area contributed by atoms with Crippen molar-refractivity contribution in [3.05, 3.63) is 15.6 Å². The quantitative estimate of drug-likeness (QED) is 0.832. The molecule has 0 aliphatic rings. The maximum Gasteiger partial charge on any atom is 0.0956 e. The zero-order chi connectivity index (χ0) is 11.4. The molecule has 15 heavy (non-hydrogen) atoms. The summed E-state index contributed by atoms with van der Waals surface area (Å²) in [5.41, 5.74) is 1.09. The molecule has 1 N–H and O–H groups in total. The summed E-state index contributed by atoms with van der Waals surface area (Å²) in [4.78, 5) is 7.76. The van der Waals surface area contributed by atoms with Gasteiger partial charge in [-0.05, 0) is 40.9 Å². The molecule has 0 amide bonds. The van der Waals surface area contributed by atoms with E-state index in [0.29, 0.717) is 6.42 Å². The van der Waals surface area contributed by atoms with Gasteiger partial charge in [-0.1, -0.05) is 0 Å². The third-order valence-electron chi connectivity index (χ3n) is 2.39. The summed E-state index contributed by atoms with van der Waals surface area (Å²) in [6.45, 7) is 5.01. The van der Waals surface area contributed by atoms with Gasteiger partial charge in [0.05, 0.1) is 16.8 Å². The van der Waals surface area contributed by atoms with Crippen molar-refractivity contribution in [3.8, 4) is 0 Å². The molecular formula is C11H20N2OS. The van der Waals surface area contributed by atoms with Gasteiger partial charge in [0.1, 0.15) is 0 Å². The van der Waals surface area contributed by atoms with Crippen molar-refractivity contribution < 1.29 is 5.11 Å². The van der Waals surface area contributed by atoms with E-state index in [1.807, 2.05) is 21.0 Å². The zero-order valence-corrected chi connectivity index (χ0v) is 10.8. The Morgan fingerprint density at radius 3 is 2.53 bits per heavy atom. The van der Waals surface area contributed by atoms with Crippen LogP contribution in [-0.4, -0.2) is 41.7 Å². The standard InChI is InChI=1S/C11H20N2OS/c1-8-9(2)15-11(12-8)7-10(14)5-6-13(3)4/h10,14H,5-7H2,1-4H3. The summed E-state index contributed by atoms with van der Waals surface area (Å²) in [6.07, 6.45) is 1.23. The minimum atomic E-state index is -0.266. The first-order valence-corrected chi connectivity index (χ1v) is 6.06. The largest absolute Gasteiger partial charge is 0.393 e. The number of hydrogen-bond donors (Lipinski definition) is 1. The average molecular weight is 228 g/mol. The van der Waals surface area contributed by atoms with Crippen LogP contribution in [0.3, 0.4) is 0 Å². The van der Waals surface area contributed by atoms with Crippen LogP contribution in [0.25, 0.3) is 0 Å². The Hall–Kier alpha value is -0.450. The lowest BCUT2D eigenvalue weighted by Crippen LogP contribution is -2.20. The Morgan fingerprint density at radius 2 is 2.07 bits per heavy atom. The molecule has 0 saturated carbocycles. The van der Waals surface area contributed by atoms with Crippen LogP contribution in [0, 0.1) is 13.8 Å². The lowest BCUT2D eigenvalue weighted by Gasteiger charge is -2.12. The molecule has 0 saturated heterocycles. The molecule has 0 radical (unpaired) electrons. The minimum Gasteiger partial charge on any atom is -0.393 e. The summed E-state index contributed by atoms with van der Waals surface area (Å²) < 4.78 is 0. The molecular weight excluding hydrogens is 208 g/mol. The molecule has 0 aliphatic heterocycles. The first-order valence-electron chi connectivity index (χ1n) is 5.24. The van der Waals surface area contributed by atoms with E-state index in [2.05, 4.69) is 16.8 Å². The number of aliphatic hydroxyl groups is 1.